The van der Waals surface area contributed by atoms with E-state index in [9.17, 15) is 14.4 Å². The number of ether oxygens (including phenoxy) is 1. The van der Waals surface area contributed by atoms with Gasteiger partial charge in [-0.05, 0) is 13.3 Å². The van der Waals surface area contributed by atoms with Crippen LogP contribution in [0.15, 0.2) is 4.52 Å². The highest BCUT2D eigenvalue weighted by Gasteiger charge is 2.34. The summed E-state index contributed by atoms with van der Waals surface area (Å²) in [5, 5.41) is 3.77. The van der Waals surface area contributed by atoms with Crippen molar-refractivity contribution in [3.05, 3.63) is 11.7 Å². The van der Waals surface area contributed by atoms with Gasteiger partial charge in [-0.3, -0.25) is 14.5 Å². The Hall–Kier alpha value is -2.45. The van der Waals surface area contributed by atoms with Crippen molar-refractivity contribution in [3.63, 3.8) is 0 Å². The number of carbonyl (C=O) groups is 3. The first-order chi connectivity index (χ1) is 11.5. The monoisotopic (exact) mass is 338 g/mol. The number of carbonyl (C=O) groups excluding carboxylic acids is 3. The van der Waals surface area contributed by atoms with Crippen molar-refractivity contribution in [2.24, 2.45) is 0 Å². The number of aromatic nitrogens is 2. The molecule has 0 aromatic carbocycles. The fraction of sp³-hybridized carbons (Fsp3) is 0.667. The van der Waals surface area contributed by atoms with Gasteiger partial charge in [0, 0.05) is 25.4 Å². The quantitative estimate of drug-likeness (QED) is 0.686. The SMILES string of the molecule is CCC(C)N1CCC(=O)N(Cc2noc(CCC(=O)OC)n2)C1=O. The molecule has 9 nitrogen and oxygen atoms in total. The third-order valence-corrected chi connectivity index (χ3v) is 4.05. The molecule has 2 heterocycles. The number of rotatable bonds is 7. The molecular formula is C15H22N4O5. The Morgan fingerprint density at radius 2 is 2.17 bits per heavy atom. The lowest BCUT2D eigenvalue weighted by Crippen LogP contribution is -2.54. The second-order valence-corrected chi connectivity index (χ2v) is 5.64. The third kappa shape index (κ3) is 4.09. The lowest BCUT2D eigenvalue weighted by Gasteiger charge is -2.37. The van der Waals surface area contributed by atoms with E-state index in [-0.39, 0.29) is 61.5 Å². The minimum Gasteiger partial charge on any atom is -0.469 e. The van der Waals surface area contributed by atoms with E-state index in [4.69, 9.17) is 4.52 Å². The number of hydrogen-bond donors (Lipinski definition) is 0. The first-order valence-electron chi connectivity index (χ1n) is 7.95. The molecule has 3 amide bonds. The van der Waals surface area contributed by atoms with Gasteiger partial charge in [0.25, 0.3) is 0 Å². The molecule has 1 aromatic rings. The van der Waals surface area contributed by atoms with Crippen molar-refractivity contribution < 1.29 is 23.6 Å². The maximum atomic E-state index is 12.5. The zero-order valence-corrected chi connectivity index (χ0v) is 14.2. The fourth-order valence-corrected chi connectivity index (χ4v) is 2.40. The van der Waals surface area contributed by atoms with Crippen molar-refractivity contribution >= 4 is 17.9 Å². The fourth-order valence-electron chi connectivity index (χ4n) is 2.40. The smallest absolute Gasteiger partial charge is 0.327 e. The van der Waals surface area contributed by atoms with Crippen LogP contribution in [-0.2, 0) is 27.3 Å². The Morgan fingerprint density at radius 3 is 2.83 bits per heavy atom. The van der Waals surface area contributed by atoms with E-state index in [1.54, 1.807) is 4.90 Å². The third-order valence-electron chi connectivity index (χ3n) is 4.05. The Kier molecular flexibility index (Phi) is 5.88. The molecular weight excluding hydrogens is 316 g/mol. The van der Waals surface area contributed by atoms with Gasteiger partial charge in [-0.2, -0.15) is 4.98 Å². The summed E-state index contributed by atoms with van der Waals surface area (Å²) in [5.74, 6) is -0.116. The standard InChI is InChI=1S/C15H22N4O5/c1-4-10(2)18-8-7-13(20)19(15(18)22)9-11-16-12(24-17-11)5-6-14(21)23-3/h10H,4-9H2,1-3H3. The minimum absolute atomic E-state index is 0.0354. The Bertz CT molecular complexity index is 615. The molecule has 0 bridgehead atoms. The molecule has 1 unspecified atom stereocenters. The first-order valence-corrected chi connectivity index (χ1v) is 7.95. The summed E-state index contributed by atoms with van der Waals surface area (Å²) in [7, 11) is 1.30. The van der Waals surface area contributed by atoms with Gasteiger partial charge in [0.05, 0.1) is 20.1 Å². The van der Waals surface area contributed by atoms with E-state index in [1.165, 1.54) is 7.11 Å². The molecule has 0 aliphatic carbocycles. The Balaban J connectivity index is 2.01. The summed E-state index contributed by atoms with van der Waals surface area (Å²) in [4.78, 5) is 42.6. The second-order valence-electron chi connectivity index (χ2n) is 5.64. The molecule has 1 fully saturated rings. The highest BCUT2D eigenvalue weighted by molar-refractivity contribution is 5.96. The average Bonchev–Trinajstić information content (AvgIpc) is 3.03. The van der Waals surface area contributed by atoms with E-state index in [1.807, 2.05) is 13.8 Å². The van der Waals surface area contributed by atoms with Crippen molar-refractivity contribution in [1.82, 2.24) is 19.9 Å². The van der Waals surface area contributed by atoms with E-state index in [2.05, 4.69) is 14.9 Å². The largest absolute Gasteiger partial charge is 0.469 e. The minimum atomic E-state index is -0.375. The number of imide groups is 1. The van der Waals surface area contributed by atoms with E-state index < -0.39 is 0 Å². The lowest BCUT2D eigenvalue weighted by atomic mass is 10.2. The molecule has 2 rings (SSSR count). The lowest BCUT2D eigenvalue weighted by molar-refractivity contribution is -0.140. The highest BCUT2D eigenvalue weighted by atomic mass is 16.5. The summed E-state index contributed by atoms with van der Waals surface area (Å²) >= 11 is 0. The van der Waals surface area contributed by atoms with E-state index >= 15 is 0 Å². The number of nitrogens with zero attached hydrogens (tertiary/aromatic N) is 4. The van der Waals surface area contributed by atoms with Gasteiger partial charge in [0.1, 0.15) is 0 Å². The molecule has 0 saturated carbocycles. The maximum absolute atomic E-state index is 12.5. The molecule has 24 heavy (non-hydrogen) atoms. The number of methoxy groups -OCH3 is 1. The van der Waals surface area contributed by atoms with Crippen LogP contribution in [0.2, 0.25) is 0 Å². The summed E-state index contributed by atoms with van der Waals surface area (Å²) in [6.45, 7) is 4.34. The van der Waals surface area contributed by atoms with Gasteiger partial charge < -0.3 is 14.2 Å². The van der Waals surface area contributed by atoms with Crippen LogP contribution in [-0.4, -0.2) is 57.5 Å². The van der Waals surface area contributed by atoms with Gasteiger partial charge in [0.2, 0.25) is 11.8 Å². The van der Waals surface area contributed by atoms with Crippen LogP contribution in [0.4, 0.5) is 4.79 Å². The van der Waals surface area contributed by atoms with Crippen molar-refractivity contribution in [2.75, 3.05) is 13.7 Å². The van der Waals surface area contributed by atoms with E-state index in [0.717, 1.165) is 11.3 Å². The maximum Gasteiger partial charge on any atom is 0.327 e. The van der Waals surface area contributed by atoms with Crippen LogP contribution in [0.25, 0.3) is 0 Å². The average molecular weight is 338 g/mol. The molecule has 0 N–H and O–H groups in total. The number of hydrogen-bond acceptors (Lipinski definition) is 7. The topological polar surface area (TPSA) is 106 Å². The number of urea groups is 1. The van der Waals surface area contributed by atoms with Crippen LogP contribution in [0.1, 0.15) is 44.8 Å². The van der Waals surface area contributed by atoms with Crippen LogP contribution in [0, 0.1) is 0 Å². The van der Waals surface area contributed by atoms with Crippen molar-refractivity contribution in [2.45, 2.75) is 52.1 Å². The first kappa shape index (κ1) is 17.9. The molecule has 1 aliphatic heterocycles. The Morgan fingerprint density at radius 1 is 1.42 bits per heavy atom. The van der Waals surface area contributed by atoms with Crippen LogP contribution in [0.3, 0.4) is 0 Å². The normalized spacial score (nSPS) is 16.5. The van der Waals surface area contributed by atoms with Crippen LogP contribution < -0.4 is 0 Å². The van der Waals surface area contributed by atoms with Crippen molar-refractivity contribution in [1.29, 1.82) is 0 Å². The molecule has 132 valence electrons. The second kappa shape index (κ2) is 7.89. The molecule has 9 heteroatoms. The van der Waals surface area contributed by atoms with Gasteiger partial charge in [0.15, 0.2) is 5.82 Å². The number of amides is 3. The summed E-state index contributed by atoms with van der Waals surface area (Å²) in [6.07, 6.45) is 1.47. The molecule has 0 radical (unpaired) electrons. The molecule has 1 aromatic heterocycles. The number of aryl methyl sites for hydroxylation is 1. The molecule has 0 spiro atoms. The van der Waals surface area contributed by atoms with Gasteiger partial charge >= 0.3 is 12.0 Å². The molecule has 1 saturated heterocycles. The van der Waals surface area contributed by atoms with E-state index in [0.29, 0.717) is 6.54 Å². The molecule has 1 atom stereocenters. The zero-order chi connectivity index (χ0) is 17.7. The predicted molar refractivity (Wildman–Crippen MR) is 81.7 cm³/mol. The summed E-state index contributed by atoms with van der Waals surface area (Å²) in [6, 6.07) is -0.268. The number of esters is 1. The van der Waals surface area contributed by atoms with Crippen LogP contribution in [0.5, 0.6) is 0 Å². The van der Waals surface area contributed by atoms with Crippen LogP contribution >= 0.6 is 0 Å². The van der Waals surface area contributed by atoms with Gasteiger partial charge in [-0.25, -0.2) is 4.79 Å². The summed E-state index contributed by atoms with van der Waals surface area (Å²) in [5.41, 5.74) is 0. The summed E-state index contributed by atoms with van der Waals surface area (Å²) < 4.78 is 9.58. The van der Waals surface area contributed by atoms with Gasteiger partial charge in [-0.1, -0.05) is 12.1 Å². The zero-order valence-electron chi connectivity index (χ0n) is 14.2. The predicted octanol–water partition coefficient (Wildman–Crippen LogP) is 1.13. The molecule has 1 aliphatic rings. The van der Waals surface area contributed by atoms with Gasteiger partial charge in [-0.15, -0.1) is 0 Å². The van der Waals surface area contributed by atoms with Crippen molar-refractivity contribution in [3.8, 4) is 0 Å². The highest BCUT2D eigenvalue weighted by Crippen LogP contribution is 2.17. The Labute approximate surface area is 139 Å².